The Bertz CT molecular complexity index is 297. The van der Waals surface area contributed by atoms with Gasteiger partial charge < -0.3 is 10.8 Å². The van der Waals surface area contributed by atoms with Gasteiger partial charge >= 0.3 is 5.97 Å². The van der Waals surface area contributed by atoms with Crippen LogP contribution in [0, 0.1) is 0 Å². The lowest BCUT2D eigenvalue weighted by molar-refractivity contribution is -0.138. The Balaban J connectivity index is 2.54. The molecule has 0 unspecified atom stereocenters. The predicted octanol–water partition coefficient (Wildman–Crippen LogP) is 2.16. The number of aliphatic carboxylic acids is 1. The minimum absolute atomic E-state index is 0.184. The van der Waals surface area contributed by atoms with Crippen LogP contribution < -0.4 is 5.73 Å². The number of carboxylic acid groups (broad SMARTS) is 1. The molecule has 1 rings (SSSR count). The maximum Gasteiger partial charge on any atom is 0.320 e. The first-order chi connectivity index (χ1) is 6.41. The Hall–Kier alpha value is -0.130. The number of halogens is 2. The summed E-state index contributed by atoms with van der Waals surface area (Å²) in [5.41, 5.74) is 6.38. The van der Waals surface area contributed by atoms with Gasteiger partial charge in [0.1, 0.15) is 9.28 Å². The molecule has 0 bridgehead atoms. The predicted molar refractivity (Wildman–Crippen MR) is 62.7 cm³/mol. The monoisotopic (exact) mass is 323 g/mol. The molecule has 1 aliphatic rings. The Morgan fingerprint density at radius 2 is 2.36 bits per heavy atom. The van der Waals surface area contributed by atoms with E-state index in [1.807, 2.05) is 18.2 Å². The van der Waals surface area contributed by atoms with Crippen molar-refractivity contribution in [2.75, 3.05) is 0 Å². The fourth-order valence-electron chi connectivity index (χ4n) is 1.12. The molecule has 3 N–H and O–H groups in total. The third-order valence-corrected chi connectivity index (χ3v) is 3.13. The molecule has 1 aliphatic carbocycles. The van der Waals surface area contributed by atoms with E-state index in [1.54, 1.807) is 0 Å². The van der Waals surface area contributed by atoms with Crippen LogP contribution in [0.4, 0.5) is 0 Å². The summed E-state index contributed by atoms with van der Waals surface area (Å²) in [6.45, 7) is 0. The molecule has 0 amide bonds. The number of carboxylic acids is 1. The van der Waals surface area contributed by atoms with Crippen LogP contribution in [-0.4, -0.2) is 20.4 Å². The lowest BCUT2D eigenvalue weighted by atomic mass is 10.0. The zero-order valence-electron chi connectivity index (χ0n) is 7.41. The van der Waals surface area contributed by atoms with E-state index in [-0.39, 0.29) is 3.23 Å². The zero-order chi connectivity index (χ0) is 10.8. The van der Waals surface area contributed by atoms with Gasteiger partial charge in [0.2, 0.25) is 0 Å². The second kappa shape index (κ2) is 4.59. The molecule has 0 heterocycles. The molecule has 0 saturated carbocycles. The number of nitrogens with two attached hydrogens (primary N) is 1. The van der Waals surface area contributed by atoms with Gasteiger partial charge in [-0.1, -0.05) is 55.7 Å². The molecule has 0 fully saturated rings. The Morgan fingerprint density at radius 3 is 2.79 bits per heavy atom. The first kappa shape index (κ1) is 11.9. The highest BCUT2D eigenvalue weighted by Gasteiger charge is 2.21. The first-order valence-corrected chi connectivity index (χ1v) is 5.74. The molecule has 5 heteroatoms. The van der Waals surface area contributed by atoms with Crippen LogP contribution >= 0.6 is 31.9 Å². The molecule has 14 heavy (non-hydrogen) atoms. The van der Waals surface area contributed by atoms with Crippen molar-refractivity contribution in [1.82, 2.24) is 0 Å². The summed E-state index contributed by atoms with van der Waals surface area (Å²) in [6, 6.07) is -0.816. The number of carbonyl (C=O) groups is 1. The van der Waals surface area contributed by atoms with Gasteiger partial charge in [-0.2, -0.15) is 0 Å². The highest BCUT2D eigenvalue weighted by molar-refractivity contribution is 9.25. The topological polar surface area (TPSA) is 63.3 Å². The van der Waals surface area contributed by atoms with E-state index in [4.69, 9.17) is 10.8 Å². The second-order valence-electron chi connectivity index (χ2n) is 3.23. The summed E-state index contributed by atoms with van der Waals surface area (Å²) >= 11 is 6.91. The van der Waals surface area contributed by atoms with Crippen LogP contribution in [-0.2, 0) is 4.79 Å². The molecular weight excluding hydrogens is 314 g/mol. The zero-order valence-corrected chi connectivity index (χ0v) is 10.6. The van der Waals surface area contributed by atoms with Crippen molar-refractivity contribution in [2.45, 2.75) is 22.1 Å². The van der Waals surface area contributed by atoms with E-state index in [9.17, 15) is 4.79 Å². The molecule has 1 atom stereocenters. The van der Waals surface area contributed by atoms with Gasteiger partial charge in [-0.3, -0.25) is 4.79 Å². The minimum Gasteiger partial charge on any atom is -0.480 e. The van der Waals surface area contributed by atoms with E-state index in [1.165, 1.54) is 0 Å². The molecule has 3 nitrogen and oxygen atoms in total. The number of alkyl halides is 2. The van der Waals surface area contributed by atoms with E-state index in [2.05, 4.69) is 31.9 Å². The van der Waals surface area contributed by atoms with Gasteiger partial charge in [0.25, 0.3) is 0 Å². The minimum atomic E-state index is -0.964. The smallest absolute Gasteiger partial charge is 0.320 e. The first-order valence-electron chi connectivity index (χ1n) is 4.15. The molecule has 78 valence electrons. The Morgan fingerprint density at radius 1 is 1.71 bits per heavy atom. The van der Waals surface area contributed by atoms with Crippen molar-refractivity contribution in [2.24, 2.45) is 5.73 Å². The summed E-state index contributed by atoms with van der Waals surface area (Å²) in [5.74, 6) is -0.964. The Kier molecular flexibility index (Phi) is 3.92. The molecule has 0 aromatic heterocycles. The van der Waals surface area contributed by atoms with E-state index in [0.717, 1.165) is 12.0 Å². The molecule has 0 aromatic carbocycles. The maximum atomic E-state index is 10.5. The molecule has 0 aliphatic heterocycles. The maximum absolute atomic E-state index is 10.5. The van der Waals surface area contributed by atoms with Crippen LogP contribution in [0.5, 0.6) is 0 Å². The summed E-state index contributed by atoms with van der Waals surface area (Å²) in [4.78, 5) is 10.5. The highest BCUT2D eigenvalue weighted by atomic mass is 79.9. The van der Waals surface area contributed by atoms with Gasteiger partial charge in [-0.25, -0.2) is 0 Å². The number of allylic oxidation sites excluding steroid dienone is 3. The lowest BCUT2D eigenvalue weighted by Gasteiger charge is -2.19. The number of hydrogen-bond acceptors (Lipinski definition) is 2. The molecule has 0 aromatic rings. The van der Waals surface area contributed by atoms with Gasteiger partial charge in [0, 0.05) is 0 Å². The standard InChI is InChI=1S/C9H11Br2NO2/c10-9(11)3-1-6(2-4-9)5-7(12)8(13)14/h1-3,7H,4-5,12H2,(H,13,14)/t7-/m0/s1. The second-order valence-corrected chi connectivity index (χ2v) is 7.12. The van der Waals surface area contributed by atoms with Crippen molar-refractivity contribution in [3.63, 3.8) is 0 Å². The Labute approximate surface area is 99.3 Å². The van der Waals surface area contributed by atoms with Gasteiger partial charge in [-0.15, -0.1) is 0 Å². The fourth-order valence-corrected chi connectivity index (χ4v) is 1.71. The summed E-state index contributed by atoms with van der Waals surface area (Å²) in [5, 5.41) is 8.62. The normalized spacial score (nSPS) is 21.5. The van der Waals surface area contributed by atoms with Crippen LogP contribution in [0.15, 0.2) is 23.8 Å². The molecule has 0 saturated heterocycles. The van der Waals surface area contributed by atoms with Crippen molar-refractivity contribution in [3.05, 3.63) is 23.8 Å². The summed E-state index contributed by atoms with van der Waals surface area (Å²) < 4.78 is -0.184. The van der Waals surface area contributed by atoms with Crippen LogP contribution in [0.25, 0.3) is 0 Å². The number of rotatable bonds is 3. The fraction of sp³-hybridized carbons (Fsp3) is 0.444. The lowest BCUT2D eigenvalue weighted by Crippen LogP contribution is -2.30. The van der Waals surface area contributed by atoms with E-state index >= 15 is 0 Å². The third kappa shape index (κ3) is 3.55. The van der Waals surface area contributed by atoms with Crippen LogP contribution in [0.1, 0.15) is 12.8 Å². The van der Waals surface area contributed by atoms with E-state index < -0.39 is 12.0 Å². The van der Waals surface area contributed by atoms with Crippen LogP contribution in [0.3, 0.4) is 0 Å². The summed E-state index contributed by atoms with van der Waals surface area (Å²) in [7, 11) is 0. The van der Waals surface area contributed by atoms with Crippen molar-refractivity contribution >= 4 is 37.8 Å². The van der Waals surface area contributed by atoms with Crippen molar-refractivity contribution in [1.29, 1.82) is 0 Å². The average Bonchev–Trinajstić information content (AvgIpc) is 2.08. The molecular formula is C9H11Br2NO2. The van der Waals surface area contributed by atoms with Gasteiger partial charge in [-0.05, 0) is 12.8 Å². The average molecular weight is 325 g/mol. The van der Waals surface area contributed by atoms with Crippen molar-refractivity contribution < 1.29 is 9.90 Å². The van der Waals surface area contributed by atoms with E-state index in [0.29, 0.717) is 6.42 Å². The third-order valence-electron chi connectivity index (χ3n) is 1.95. The summed E-state index contributed by atoms with van der Waals surface area (Å²) in [6.07, 6.45) is 6.96. The largest absolute Gasteiger partial charge is 0.480 e. The molecule has 0 radical (unpaired) electrons. The highest BCUT2D eigenvalue weighted by Crippen LogP contribution is 2.36. The number of hydrogen-bond donors (Lipinski definition) is 2. The van der Waals surface area contributed by atoms with Crippen molar-refractivity contribution in [3.8, 4) is 0 Å². The van der Waals surface area contributed by atoms with Gasteiger partial charge in [0.15, 0.2) is 0 Å². The SMILES string of the molecule is N[C@@H](CC1=CCC(Br)(Br)C=C1)C(=O)O. The molecule has 0 spiro atoms. The quantitative estimate of drug-likeness (QED) is 0.782. The van der Waals surface area contributed by atoms with Crippen LogP contribution in [0.2, 0.25) is 0 Å². The van der Waals surface area contributed by atoms with Gasteiger partial charge in [0.05, 0.1) is 0 Å².